The highest BCUT2D eigenvalue weighted by Crippen LogP contribution is 2.18. The van der Waals surface area contributed by atoms with E-state index in [-0.39, 0.29) is 22.9 Å². The first-order chi connectivity index (χ1) is 12.8. The van der Waals surface area contributed by atoms with E-state index >= 15 is 0 Å². The van der Waals surface area contributed by atoms with Crippen LogP contribution in [0.15, 0.2) is 58.5 Å². The third-order valence-electron chi connectivity index (χ3n) is 3.40. The lowest BCUT2D eigenvalue weighted by atomic mass is 10.2. The van der Waals surface area contributed by atoms with Crippen molar-refractivity contribution in [3.63, 3.8) is 0 Å². The smallest absolute Gasteiger partial charge is 0.371 e. The van der Waals surface area contributed by atoms with E-state index in [0.717, 1.165) is 5.56 Å². The molecule has 1 N–H and O–H groups in total. The van der Waals surface area contributed by atoms with Crippen LogP contribution in [0.2, 0.25) is 0 Å². The van der Waals surface area contributed by atoms with Gasteiger partial charge in [0, 0.05) is 12.1 Å². The summed E-state index contributed by atoms with van der Waals surface area (Å²) >= 11 is 0. The summed E-state index contributed by atoms with van der Waals surface area (Å²) in [4.78, 5) is 22.1. The molecule has 0 heterocycles. The number of rotatable bonds is 5. The Morgan fingerprint density at radius 3 is 2.26 bits per heavy atom. The molecule has 0 radical (unpaired) electrons. The number of sulfone groups is 1. The molecule has 0 spiro atoms. The Kier molecular flexibility index (Phi) is 6.24. The molecule has 0 aliphatic heterocycles. The molecule has 9 nitrogen and oxygen atoms in total. The van der Waals surface area contributed by atoms with E-state index in [4.69, 9.17) is 4.74 Å². The molecule has 0 atom stereocenters. The Morgan fingerprint density at radius 2 is 1.74 bits per heavy atom. The van der Waals surface area contributed by atoms with E-state index < -0.39 is 25.8 Å². The first-order valence-electron chi connectivity index (χ1n) is 7.82. The Labute approximate surface area is 155 Å². The van der Waals surface area contributed by atoms with E-state index in [1.165, 1.54) is 43.3 Å². The molecule has 0 saturated carbocycles. The molecule has 0 aromatic heterocycles. The molecular formula is C17H17N3O6S. The van der Waals surface area contributed by atoms with Crippen molar-refractivity contribution in [1.82, 2.24) is 0 Å². The molecule has 0 aliphatic rings. The highest BCUT2D eigenvalue weighted by molar-refractivity contribution is 8.08. The standard InChI is InChI=1S/C17H17N3O6S/c1-3-26-17(21)16(27(24,25)15-10-4-12(2)5-11-15)19-18-13-6-8-14(9-7-13)20(22)23/h4-11,18H,3H2,1-2H3/b19-16-. The third kappa shape index (κ3) is 4.88. The van der Waals surface area contributed by atoms with Gasteiger partial charge >= 0.3 is 5.97 Å². The van der Waals surface area contributed by atoms with Crippen molar-refractivity contribution in [1.29, 1.82) is 0 Å². The van der Waals surface area contributed by atoms with Gasteiger partial charge in [0.2, 0.25) is 9.84 Å². The van der Waals surface area contributed by atoms with Crippen molar-refractivity contribution >= 4 is 32.2 Å². The molecule has 2 aromatic carbocycles. The van der Waals surface area contributed by atoms with Gasteiger partial charge in [-0.2, -0.15) is 5.10 Å². The fourth-order valence-electron chi connectivity index (χ4n) is 2.01. The predicted molar refractivity (Wildman–Crippen MR) is 99.2 cm³/mol. The fourth-order valence-corrected chi connectivity index (χ4v) is 3.17. The SMILES string of the molecule is CCOC(=O)/C(=N/Nc1ccc([N+](=O)[O-])cc1)S(=O)(=O)c1ccc(C)cc1. The van der Waals surface area contributed by atoms with Crippen LogP contribution < -0.4 is 5.43 Å². The van der Waals surface area contributed by atoms with Gasteiger partial charge in [-0.15, -0.1) is 0 Å². The molecule has 0 aliphatic carbocycles. The number of esters is 1. The normalized spacial score (nSPS) is 11.7. The van der Waals surface area contributed by atoms with E-state index in [2.05, 4.69) is 10.5 Å². The monoisotopic (exact) mass is 391 g/mol. The van der Waals surface area contributed by atoms with Gasteiger partial charge in [-0.1, -0.05) is 17.7 Å². The average Bonchev–Trinajstić information content (AvgIpc) is 2.62. The number of anilines is 1. The van der Waals surface area contributed by atoms with Crippen LogP contribution in [0.4, 0.5) is 11.4 Å². The second-order valence-electron chi connectivity index (χ2n) is 5.37. The van der Waals surface area contributed by atoms with Crippen molar-refractivity contribution in [3.8, 4) is 0 Å². The van der Waals surface area contributed by atoms with Crippen LogP contribution in [0.1, 0.15) is 12.5 Å². The highest BCUT2D eigenvalue weighted by atomic mass is 32.2. The first kappa shape index (κ1) is 20.0. The zero-order chi connectivity index (χ0) is 20.0. The summed E-state index contributed by atoms with van der Waals surface area (Å²) in [7, 11) is -4.23. The highest BCUT2D eigenvalue weighted by Gasteiger charge is 2.31. The molecule has 0 unspecified atom stereocenters. The molecular weight excluding hydrogens is 374 g/mol. The van der Waals surface area contributed by atoms with E-state index in [1.807, 2.05) is 0 Å². The van der Waals surface area contributed by atoms with Crippen molar-refractivity contribution in [2.24, 2.45) is 5.10 Å². The van der Waals surface area contributed by atoms with Gasteiger partial charge < -0.3 is 4.74 Å². The van der Waals surface area contributed by atoms with Crippen LogP contribution in [0, 0.1) is 17.0 Å². The molecule has 10 heteroatoms. The number of hydrogen-bond donors (Lipinski definition) is 1. The van der Waals surface area contributed by atoms with Crippen LogP contribution in [-0.4, -0.2) is 31.0 Å². The Hall–Kier alpha value is -3.27. The molecule has 0 fully saturated rings. The Morgan fingerprint density at radius 1 is 1.15 bits per heavy atom. The van der Waals surface area contributed by atoms with Crippen LogP contribution in [0.25, 0.3) is 0 Å². The summed E-state index contributed by atoms with van der Waals surface area (Å²) < 4.78 is 30.3. The molecule has 2 aromatic rings. The minimum absolute atomic E-state index is 0.0290. The summed E-state index contributed by atoms with van der Waals surface area (Å²) in [6, 6.07) is 11.0. The van der Waals surface area contributed by atoms with Crippen molar-refractivity contribution < 1.29 is 22.9 Å². The zero-order valence-corrected chi connectivity index (χ0v) is 15.4. The number of hydrogen-bond acceptors (Lipinski definition) is 8. The maximum atomic E-state index is 12.8. The molecule has 0 amide bonds. The number of nitro groups is 1. The van der Waals surface area contributed by atoms with E-state index in [9.17, 15) is 23.3 Å². The molecule has 27 heavy (non-hydrogen) atoms. The summed E-state index contributed by atoms with van der Waals surface area (Å²) in [5.74, 6) is -1.10. The first-order valence-corrected chi connectivity index (χ1v) is 9.31. The lowest BCUT2D eigenvalue weighted by Crippen LogP contribution is -2.28. The van der Waals surface area contributed by atoms with Crippen LogP contribution in [-0.2, 0) is 19.4 Å². The lowest BCUT2D eigenvalue weighted by molar-refractivity contribution is -0.384. The van der Waals surface area contributed by atoms with Gasteiger partial charge in [0.1, 0.15) is 0 Å². The van der Waals surface area contributed by atoms with Crippen molar-refractivity contribution in [2.75, 3.05) is 12.0 Å². The summed E-state index contributed by atoms with van der Waals surface area (Å²) in [5.41, 5.74) is 3.41. The third-order valence-corrected chi connectivity index (χ3v) is 5.06. The lowest BCUT2D eigenvalue weighted by Gasteiger charge is -2.09. The number of nitro benzene ring substituents is 1. The van der Waals surface area contributed by atoms with Gasteiger partial charge in [-0.05, 0) is 38.1 Å². The molecule has 2 rings (SSSR count). The van der Waals surface area contributed by atoms with E-state index in [0.29, 0.717) is 0 Å². The average molecular weight is 391 g/mol. The van der Waals surface area contributed by atoms with E-state index in [1.54, 1.807) is 19.1 Å². The molecule has 142 valence electrons. The number of aryl methyl sites for hydroxylation is 1. The maximum absolute atomic E-state index is 12.8. The summed E-state index contributed by atoms with van der Waals surface area (Å²) in [6.45, 7) is 3.31. The number of ether oxygens (including phenoxy) is 1. The van der Waals surface area contributed by atoms with Crippen LogP contribution in [0.5, 0.6) is 0 Å². The number of nitrogens with one attached hydrogen (secondary N) is 1. The van der Waals surface area contributed by atoms with Gasteiger partial charge in [0.05, 0.1) is 22.1 Å². The maximum Gasteiger partial charge on any atom is 0.371 e. The van der Waals surface area contributed by atoms with Gasteiger partial charge in [0.15, 0.2) is 0 Å². The number of benzene rings is 2. The van der Waals surface area contributed by atoms with Crippen molar-refractivity contribution in [2.45, 2.75) is 18.7 Å². The second-order valence-corrected chi connectivity index (χ2v) is 7.23. The summed E-state index contributed by atoms with van der Waals surface area (Å²) in [5, 5.41) is 13.5. The largest absolute Gasteiger partial charge is 0.461 e. The number of carbonyl (C=O) groups excluding carboxylic acids is 1. The second kappa shape index (κ2) is 8.41. The Balaban J connectivity index is 2.38. The molecule has 0 bridgehead atoms. The van der Waals surface area contributed by atoms with Crippen LogP contribution >= 0.6 is 0 Å². The minimum Gasteiger partial charge on any atom is -0.461 e. The predicted octanol–water partition coefficient (Wildman–Crippen LogP) is 2.67. The quantitative estimate of drug-likeness (QED) is 0.273. The zero-order valence-electron chi connectivity index (χ0n) is 14.6. The fraction of sp³-hybridized carbons (Fsp3) is 0.176. The van der Waals surface area contributed by atoms with Crippen LogP contribution in [0.3, 0.4) is 0 Å². The minimum atomic E-state index is -4.23. The number of carbonyl (C=O) groups is 1. The molecule has 0 saturated heterocycles. The summed E-state index contributed by atoms with van der Waals surface area (Å²) in [6.07, 6.45) is 0. The number of nitrogens with zero attached hydrogens (tertiary/aromatic N) is 2. The van der Waals surface area contributed by atoms with Crippen molar-refractivity contribution in [3.05, 3.63) is 64.2 Å². The topological polar surface area (TPSA) is 128 Å². The Bertz CT molecular complexity index is 967. The van der Waals surface area contributed by atoms with Gasteiger partial charge in [-0.25, -0.2) is 13.2 Å². The number of non-ortho nitro benzene ring substituents is 1. The van der Waals surface area contributed by atoms with Gasteiger partial charge in [-0.3, -0.25) is 15.5 Å². The number of hydrazone groups is 1. The van der Waals surface area contributed by atoms with Gasteiger partial charge in [0.25, 0.3) is 10.7 Å².